The van der Waals surface area contributed by atoms with Crippen LogP contribution in [-0.4, -0.2) is 0 Å². The predicted octanol–water partition coefficient (Wildman–Crippen LogP) is 3.05. The summed E-state index contributed by atoms with van der Waals surface area (Å²) in [5.41, 5.74) is 0. The number of hydrogen-bond acceptors (Lipinski definition) is 1. The van der Waals surface area contributed by atoms with E-state index >= 15 is 0 Å². The minimum absolute atomic E-state index is 0.139. The van der Waals surface area contributed by atoms with E-state index in [4.69, 9.17) is 0 Å². The maximum atomic E-state index is 11.0. The highest BCUT2D eigenvalue weighted by Crippen LogP contribution is 2.30. The van der Waals surface area contributed by atoms with Gasteiger partial charge in [-0.15, -0.1) is 11.3 Å². The zero-order valence-corrected chi connectivity index (χ0v) is 6.02. The van der Waals surface area contributed by atoms with Gasteiger partial charge in [0.15, 0.2) is 5.75 Å². The minimum Gasteiger partial charge on any atom is -0.288 e. The second-order valence-corrected chi connectivity index (χ2v) is 3.01. The van der Waals surface area contributed by atoms with Crippen molar-refractivity contribution in [1.29, 1.82) is 0 Å². The van der Waals surface area contributed by atoms with Crippen LogP contribution in [0.25, 0.3) is 10.1 Å². The SMILES string of the molecule is [O]c1csc2ccccc12. The summed E-state index contributed by atoms with van der Waals surface area (Å²) in [7, 11) is 0. The van der Waals surface area contributed by atoms with E-state index < -0.39 is 0 Å². The molecule has 0 atom stereocenters. The van der Waals surface area contributed by atoms with Crippen LogP contribution in [-0.2, 0) is 5.11 Å². The molecule has 1 aromatic heterocycles. The number of fused-ring (bicyclic) bond motifs is 1. The minimum atomic E-state index is 0.139. The first-order chi connectivity index (χ1) is 4.88. The van der Waals surface area contributed by atoms with Crippen LogP contribution < -0.4 is 0 Å². The smallest absolute Gasteiger partial charge is 0.197 e. The average molecular weight is 149 g/mol. The topological polar surface area (TPSA) is 19.9 Å². The van der Waals surface area contributed by atoms with Gasteiger partial charge in [0.05, 0.1) is 0 Å². The summed E-state index contributed by atoms with van der Waals surface area (Å²) in [5.74, 6) is 0.139. The molecule has 2 rings (SSSR count). The summed E-state index contributed by atoms with van der Waals surface area (Å²) in [6.07, 6.45) is 0. The van der Waals surface area contributed by atoms with E-state index in [2.05, 4.69) is 0 Å². The molecule has 0 saturated heterocycles. The first kappa shape index (κ1) is 5.74. The van der Waals surface area contributed by atoms with Crippen LogP contribution in [0.4, 0.5) is 0 Å². The average Bonchev–Trinajstić information content (AvgIpc) is 2.34. The van der Waals surface area contributed by atoms with Crippen LogP contribution in [0.3, 0.4) is 0 Å². The summed E-state index contributed by atoms with van der Waals surface area (Å²) in [6, 6.07) is 7.64. The summed E-state index contributed by atoms with van der Waals surface area (Å²) in [4.78, 5) is 0. The fraction of sp³-hybridized carbons (Fsp3) is 0. The fourth-order valence-corrected chi connectivity index (χ4v) is 1.77. The molecule has 0 bridgehead atoms. The van der Waals surface area contributed by atoms with E-state index in [9.17, 15) is 5.11 Å². The van der Waals surface area contributed by atoms with E-state index in [-0.39, 0.29) is 5.75 Å². The van der Waals surface area contributed by atoms with Crippen molar-refractivity contribution in [3.8, 4) is 5.75 Å². The van der Waals surface area contributed by atoms with Gasteiger partial charge >= 0.3 is 0 Å². The second kappa shape index (κ2) is 1.99. The molecule has 0 saturated carbocycles. The molecule has 1 heterocycles. The standard InChI is InChI=1S/C8H5OS/c9-7-5-10-8-4-2-1-3-6(7)8/h1-5H. The van der Waals surface area contributed by atoms with Crippen molar-refractivity contribution >= 4 is 21.4 Å². The Balaban J connectivity index is 2.93. The first-order valence-electron chi connectivity index (χ1n) is 3.01. The lowest BCUT2D eigenvalue weighted by molar-refractivity contribution is 0.362. The molecule has 49 valence electrons. The van der Waals surface area contributed by atoms with Gasteiger partial charge in [-0.1, -0.05) is 12.1 Å². The maximum absolute atomic E-state index is 11.0. The van der Waals surface area contributed by atoms with Crippen molar-refractivity contribution in [3.05, 3.63) is 29.6 Å². The zero-order chi connectivity index (χ0) is 6.97. The highest BCUT2D eigenvalue weighted by Gasteiger charge is 2.00. The van der Waals surface area contributed by atoms with Crippen LogP contribution in [0.15, 0.2) is 29.6 Å². The second-order valence-electron chi connectivity index (χ2n) is 2.10. The maximum Gasteiger partial charge on any atom is 0.197 e. The quantitative estimate of drug-likeness (QED) is 0.548. The Hall–Kier alpha value is -1.02. The molecular formula is C8H5OS. The Morgan fingerprint density at radius 2 is 2.00 bits per heavy atom. The van der Waals surface area contributed by atoms with Crippen LogP contribution in [0, 0.1) is 0 Å². The molecule has 0 aliphatic rings. The molecule has 2 heteroatoms. The lowest BCUT2D eigenvalue weighted by atomic mass is 10.2. The number of hydrogen-bond donors (Lipinski definition) is 0. The van der Waals surface area contributed by atoms with Gasteiger partial charge in [0, 0.05) is 15.5 Å². The molecule has 0 spiro atoms. The molecular weight excluding hydrogens is 144 g/mol. The Bertz CT molecular complexity index is 351. The third-order valence-electron chi connectivity index (χ3n) is 1.45. The van der Waals surface area contributed by atoms with Gasteiger partial charge in [0.2, 0.25) is 0 Å². The first-order valence-corrected chi connectivity index (χ1v) is 3.89. The van der Waals surface area contributed by atoms with Gasteiger partial charge in [-0.3, -0.25) is 5.11 Å². The van der Waals surface area contributed by atoms with E-state index in [1.54, 1.807) is 5.38 Å². The molecule has 0 aliphatic carbocycles. The number of rotatable bonds is 0. The van der Waals surface area contributed by atoms with Gasteiger partial charge in [0.1, 0.15) is 0 Å². The number of benzene rings is 1. The summed E-state index contributed by atoms with van der Waals surface area (Å²) in [5, 5.41) is 13.5. The normalized spacial score (nSPS) is 10.4. The van der Waals surface area contributed by atoms with Crippen LogP contribution in [0.2, 0.25) is 0 Å². The van der Waals surface area contributed by atoms with E-state index in [1.165, 1.54) is 11.3 Å². The van der Waals surface area contributed by atoms with E-state index in [0.29, 0.717) is 0 Å². The third kappa shape index (κ3) is 0.693. The molecule has 0 amide bonds. The Labute approximate surface area is 62.5 Å². The number of thiophene rings is 1. The van der Waals surface area contributed by atoms with Crippen LogP contribution in [0.1, 0.15) is 0 Å². The van der Waals surface area contributed by atoms with Crippen molar-refractivity contribution < 1.29 is 5.11 Å². The van der Waals surface area contributed by atoms with Crippen LogP contribution >= 0.6 is 11.3 Å². The van der Waals surface area contributed by atoms with Gasteiger partial charge in [-0.2, -0.15) is 0 Å². The van der Waals surface area contributed by atoms with E-state index in [0.717, 1.165) is 10.1 Å². The summed E-state index contributed by atoms with van der Waals surface area (Å²) < 4.78 is 1.08. The highest BCUT2D eigenvalue weighted by molar-refractivity contribution is 7.17. The molecule has 0 unspecified atom stereocenters. The molecule has 0 N–H and O–H groups in total. The zero-order valence-electron chi connectivity index (χ0n) is 5.20. The van der Waals surface area contributed by atoms with Crippen molar-refractivity contribution in [1.82, 2.24) is 0 Å². The lowest BCUT2D eigenvalue weighted by Crippen LogP contribution is -1.58. The van der Waals surface area contributed by atoms with Crippen molar-refractivity contribution in [3.63, 3.8) is 0 Å². The summed E-state index contributed by atoms with van der Waals surface area (Å²) >= 11 is 1.50. The van der Waals surface area contributed by atoms with Crippen molar-refractivity contribution in [2.24, 2.45) is 0 Å². The van der Waals surface area contributed by atoms with Crippen LogP contribution in [0.5, 0.6) is 5.75 Å². The molecule has 0 fully saturated rings. The Morgan fingerprint density at radius 1 is 1.20 bits per heavy atom. The fourth-order valence-electron chi connectivity index (χ4n) is 0.953. The lowest BCUT2D eigenvalue weighted by Gasteiger charge is -1.83. The van der Waals surface area contributed by atoms with E-state index in [1.807, 2.05) is 24.3 Å². The molecule has 1 aromatic carbocycles. The third-order valence-corrected chi connectivity index (χ3v) is 2.39. The van der Waals surface area contributed by atoms with Crippen molar-refractivity contribution in [2.75, 3.05) is 0 Å². The molecule has 0 aliphatic heterocycles. The molecule has 2 aromatic rings. The highest BCUT2D eigenvalue weighted by atomic mass is 32.1. The van der Waals surface area contributed by atoms with Gasteiger partial charge in [0.25, 0.3) is 0 Å². The monoisotopic (exact) mass is 149 g/mol. The molecule has 1 nitrogen and oxygen atoms in total. The predicted molar refractivity (Wildman–Crippen MR) is 42.0 cm³/mol. The Morgan fingerprint density at radius 3 is 2.80 bits per heavy atom. The molecule has 10 heavy (non-hydrogen) atoms. The molecule has 1 radical (unpaired) electrons. The van der Waals surface area contributed by atoms with Gasteiger partial charge in [-0.25, -0.2) is 0 Å². The largest absolute Gasteiger partial charge is 0.288 e. The van der Waals surface area contributed by atoms with Crippen molar-refractivity contribution in [2.45, 2.75) is 0 Å². The summed E-state index contributed by atoms with van der Waals surface area (Å²) in [6.45, 7) is 0. The van der Waals surface area contributed by atoms with Gasteiger partial charge < -0.3 is 0 Å². The Kier molecular flexibility index (Phi) is 1.14. The van der Waals surface area contributed by atoms with Gasteiger partial charge in [-0.05, 0) is 12.1 Å².